The molecular weight excluding hydrogens is 632 g/mol. The number of aromatic hydroxyl groups is 1. The number of hydrogen-bond acceptors (Lipinski definition) is 14. The number of carboxylic acid groups (broad SMARTS) is 1. The molecule has 0 spiro atoms. The van der Waals surface area contributed by atoms with E-state index in [0.717, 1.165) is 23.5 Å². The summed E-state index contributed by atoms with van der Waals surface area (Å²) in [6.45, 7) is 2.32. The van der Waals surface area contributed by atoms with Crippen LogP contribution in [0.1, 0.15) is 31.7 Å². The average Bonchev–Trinajstić information content (AvgIpc) is 3.34. The summed E-state index contributed by atoms with van der Waals surface area (Å²) in [7, 11) is -5.15. The van der Waals surface area contributed by atoms with Gasteiger partial charge in [0, 0.05) is 30.5 Å². The third kappa shape index (κ3) is 8.11. The second-order valence-electron chi connectivity index (χ2n) is 9.62. The molecule has 0 radical (unpaired) electrons. The molecule has 1 aliphatic heterocycles. The Morgan fingerprint density at radius 2 is 1.91 bits per heavy atom. The lowest BCUT2D eigenvalue weighted by Crippen LogP contribution is -2.74. The molecule has 3 atom stereocenters. The topological polar surface area (TPSA) is 305 Å². The van der Waals surface area contributed by atoms with E-state index in [0.29, 0.717) is 0 Å². The number of aliphatic carboxylic acids is 1. The minimum absolute atomic E-state index is 0.00623. The number of nitrogen functional groups attached to an aromatic ring is 1. The van der Waals surface area contributed by atoms with E-state index in [4.69, 9.17) is 10.6 Å². The van der Waals surface area contributed by atoms with Crippen molar-refractivity contribution in [3.8, 4) is 5.88 Å². The van der Waals surface area contributed by atoms with Gasteiger partial charge in [-0.25, -0.2) is 18.9 Å². The summed E-state index contributed by atoms with van der Waals surface area (Å²) in [6, 6.07) is -2.57. The Kier molecular flexibility index (Phi) is 10.3. The van der Waals surface area contributed by atoms with Crippen LogP contribution in [0.15, 0.2) is 27.5 Å². The predicted molar refractivity (Wildman–Crippen MR) is 149 cm³/mol. The molecular formula is C22H28N8O12S2. The monoisotopic (exact) mass is 660 g/mol. The Balaban J connectivity index is 1.77. The SMILES string of the molecule is CC(C)C[C@H](ON=C(C(=O)N[C@@H]1C(=O)N(S(=O)(=O)O)[C@@H]1CNC(=O)NCc1cc(=O)cc(O)n1O)c1csc(N)n1)C(=O)O. The van der Waals surface area contributed by atoms with Crippen molar-refractivity contribution in [2.75, 3.05) is 12.3 Å². The van der Waals surface area contributed by atoms with Gasteiger partial charge >= 0.3 is 22.3 Å². The van der Waals surface area contributed by atoms with Crippen LogP contribution in [0.25, 0.3) is 0 Å². The van der Waals surface area contributed by atoms with Crippen molar-refractivity contribution in [2.45, 2.75) is 45.0 Å². The Bertz CT molecular complexity index is 1640. The summed E-state index contributed by atoms with van der Waals surface area (Å²) in [5, 5.41) is 40.3. The third-order valence-electron chi connectivity index (χ3n) is 5.89. The van der Waals surface area contributed by atoms with Gasteiger partial charge < -0.3 is 41.9 Å². The minimum atomic E-state index is -5.15. The van der Waals surface area contributed by atoms with Gasteiger partial charge in [0.15, 0.2) is 16.3 Å². The molecule has 1 aliphatic rings. The molecule has 2 aromatic rings. The van der Waals surface area contributed by atoms with Gasteiger partial charge in [-0.05, 0) is 5.92 Å². The Morgan fingerprint density at radius 3 is 2.48 bits per heavy atom. The molecule has 4 amide bonds. The van der Waals surface area contributed by atoms with E-state index < -0.39 is 82.4 Å². The normalized spacial score (nSPS) is 17.5. The summed E-state index contributed by atoms with van der Waals surface area (Å²) >= 11 is 0.905. The Morgan fingerprint density at radius 1 is 1.23 bits per heavy atom. The molecule has 9 N–H and O–H groups in total. The molecule has 2 aromatic heterocycles. The smallest absolute Gasteiger partial charge is 0.362 e. The molecule has 0 aromatic carbocycles. The average molecular weight is 661 g/mol. The first-order chi connectivity index (χ1) is 20.5. The van der Waals surface area contributed by atoms with Crippen molar-refractivity contribution in [2.24, 2.45) is 11.1 Å². The number of carboxylic acids is 1. The van der Waals surface area contributed by atoms with Crippen LogP contribution in [0, 0.1) is 5.92 Å². The van der Waals surface area contributed by atoms with Crippen LogP contribution in [-0.2, 0) is 36.1 Å². The Labute approximate surface area is 252 Å². The highest BCUT2D eigenvalue weighted by atomic mass is 32.2. The molecule has 0 bridgehead atoms. The maximum atomic E-state index is 13.2. The number of amides is 4. The largest absolute Gasteiger partial charge is 0.492 e. The molecule has 3 heterocycles. The van der Waals surface area contributed by atoms with Crippen LogP contribution in [0.5, 0.6) is 5.88 Å². The van der Waals surface area contributed by atoms with E-state index in [9.17, 15) is 52.4 Å². The lowest BCUT2D eigenvalue weighted by Gasteiger charge is -2.44. The van der Waals surface area contributed by atoms with E-state index in [1.54, 1.807) is 13.8 Å². The second kappa shape index (κ2) is 13.6. The van der Waals surface area contributed by atoms with Crippen LogP contribution in [-0.4, -0.2) is 96.7 Å². The van der Waals surface area contributed by atoms with Crippen LogP contribution in [0.4, 0.5) is 9.93 Å². The zero-order valence-corrected chi connectivity index (χ0v) is 24.5. The van der Waals surface area contributed by atoms with Crippen molar-refractivity contribution in [1.29, 1.82) is 0 Å². The number of carbonyl (C=O) groups is 4. The van der Waals surface area contributed by atoms with Crippen LogP contribution < -0.4 is 27.1 Å². The molecule has 22 heteroatoms. The van der Waals surface area contributed by atoms with Crippen molar-refractivity contribution in [1.82, 2.24) is 30.0 Å². The maximum absolute atomic E-state index is 13.2. The van der Waals surface area contributed by atoms with Gasteiger partial charge in [0.25, 0.3) is 11.8 Å². The fraction of sp³-hybridized carbons (Fsp3) is 0.409. The molecule has 0 saturated carbocycles. The summed E-state index contributed by atoms with van der Waals surface area (Å²) < 4.78 is 33.4. The van der Waals surface area contributed by atoms with Crippen LogP contribution >= 0.6 is 11.3 Å². The molecule has 0 unspecified atom stereocenters. The third-order valence-corrected chi connectivity index (χ3v) is 7.51. The highest BCUT2D eigenvalue weighted by Gasteiger charge is 2.54. The molecule has 1 saturated heterocycles. The number of nitrogens with zero attached hydrogens (tertiary/aromatic N) is 4. The number of anilines is 1. The molecule has 0 aliphatic carbocycles. The molecule has 3 rings (SSSR count). The number of oxime groups is 1. The number of urea groups is 1. The van der Waals surface area contributed by atoms with E-state index in [2.05, 4.69) is 26.1 Å². The predicted octanol–water partition coefficient (Wildman–Crippen LogP) is -1.95. The zero-order valence-electron chi connectivity index (χ0n) is 22.9. The fourth-order valence-electron chi connectivity index (χ4n) is 3.86. The van der Waals surface area contributed by atoms with Crippen molar-refractivity contribution in [3.63, 3.8) is 0 Å². The molecule has 1 fully saturated rings. The van der Waals surface area contributed by atoms with E-state index in [1.807, 2.05) is 0 Å². The minimum Gasteiger partial charge on any atom is -0.492 e. The molecule has 44 heavy (non-hydrogen) atoms. The first kappa shape index (κ1) is 33.5. The highest BCUT2D eigenvalue weighted by molar-refractivity contribution is 7.84. The summed E-state index contributed by atoms with van der Waals surface area (Å²) in [5.74, 6) is -4.72. The van der Waals surface area contributed by atoms with E-state index >= 15 is 0 Å². The first-order valence-electron chi connectivity index (χ1n) is 12.4. The number of β-lactam (4-membered cyclic amide) rings is 1. The van der Waals surface area contributed by atoms with Crippen molar-refractivity contribution < 1.29 is 52.4 Å². The molecule has 20 nitrogen and oxygen atoms in total. The van der Waals surface area contributed by atoms with Crippen LogP contribution in [0.2, 0.25) is 0 Å². The molecule has 240 valence electrons. The van der Waals surface area contributed by atoms with Crippen LogP contribution in [0.3, 0.4) is 0 Å². The van der Waals surface area contributed by atoms with Gasteiger partial charge in [-0.3, -0.25) is 18.9 Å². The summed E-state index contributed by atoms with van der Waals surface area (Å²) in [6.07, 6.45) is -1.43. The van der Waals surface area contributed by atoms with Gasteiger partial charge in [-0.2, -0.15) is 13.1 Å². The number of nitrogens with one attached hydrogen (secondary N) is 3. The summed E-state index contributed by atoms with van der Waals surface area (Å²) in [5.41, 5.74) is 3.98. The quantitative estimate of drug-likeness (QED) is 0.0381. The van der Waals surface area contributed by atoms with Crippen molar-refractivity contribution >= 4 is 56.3 Å². The summed E-state index contributed by atoms with van der Waals surface area (Å²) in [4.78, 5) is 70.2. The number of rotatable bonds is 13. The fourth-order valence-corrected chi connectivity index (χ4v) is 5.29. The number of pyridine rings is 1. The number of aromatic nitrogens is 2. The lowest BCUT2D eigenvalue weighted by molar-refractivity contribution is -0.151. The van der Waals surface area contributed by atoms with Gasteiger partial charge in [0.2, 0.25) is 12.0 Å². The van der Waals surface area contributed by atoms with Crippen molar-refractivity contribution in [3.05, 3.63) is 39.1 Å². The van der Waals surface area contributed by atoms with Gasteiger partial charge in [-0.15, -0.1) is 11.3 Å². The van der Waals surface area contributed by atoms with E-state index in [1.165, 1.54) is 5.38 Å². The first-order valence-corrected chi connectivity index (χ1v) is 14.7. The van der Waals surface area contributed by atoms with Gasteiger partial charge in [0.1, 0.15) is 11.7 Å². The second-order valence-corrected chi connectivity index (χ2v) is 11.8. The standard InChI is InChI=1S/C22H28N8O12S2/c1-9(2)3-14(20(35)36)42-28-16(12-8-43-21(23)26-12)18(33)27-17-13(30(19(17)34)44(39,40)41)7-25-22(37)24-6-10-4-11(31)5-15(32)29(10)38/h4-5,8-9,13-14,17,32,38H,3,6-7H2,1-2H3,(H2,23,26)(H,27,33)(H,35,36)(H2,24,25,37)(H,39,40,41)/t13-,14+,17+/m1/s1. The number of nitrogens with two attached hydrogens (primary N) is 1. The number of thiazole rings is 1. The van der Waals surface area contributed by atoms with Gasteiger partial charge in [0.05, 0.1) is 18.3 Å². The number of hydrogen-bond donors (Lipinski definition) is 8. The lowest BCUT2D eigenvalue weighted by atomic mass is 9.98. The highest BCUT2D eigenvalue weighted by Crippen LogP contribution is 2.24. The Hall–Kier alpha value is -4.96. The maximum Gasteiger partial charge on any atom is 0.362 e. The number of carbonyl (C=O) groups excluding carboxylic acids is 3. The van der Waals surface area contributed by atoms with Gasteiger partial charge in [-0.1, -0.05) is 19.0 Å². The zero-order chi connectivity index (χ0) is 32.9. The van der Waals surface area contributed by atoms with E-state index in [-0.39, 0.29) is 37.9 Å².